The summed E-state index contributed by atoms with van der Waals surface area (Å²) in [6.07, 6.45) is 32.2. The molecule has 0 aliphatic carbocycles. The topological polar surface area (TPSA) is 0 Å². The van der Waals surface area contributed by atoms with E-state index in [0.717, 1.165) is 0 Å². The second-order valence-corrected chi connectivity index (χ2v) is 11.2. The van der Waals surface area contributed by atoms with Gasteiger partial charge in [0.1, 0.15) is 0 Å². The van der Waals surface area contributed by atoms with E-state index in [1.165, 1.54) is 150 Å². The van der Waals surface area contributed by atoms with E-state index in [9.17, 15) is 0 Å². The lowest BCUT2D eigenvalue weighted by atomic mass is 9.81. The Kier molecular flexibility index (Phi) is 25.3. The minimum atomic E-state index is 0.640. The fourth-order valence-corrected chi connectivity index (χ4v) is 7.50. The van der Waals surface area contributed by atoms with E-state index in [1.807, 2.05) is 0 Å². The molecule has 0 aromatic rings. The maximum absolute atomic E-state index is 2.68. The Morgan fingerprint density at radius 1 is 0.379 bits per heavy atom. The zero-order chi connectivity index (χ0) is 21.5. The van der Waals surface area contributed by atoms with Crippen LogP contribution in [0.1, 0.15) is 155 Å². The molecule has 0 aromatic carbocycles. The van der Waals surface area contributed by atoms with Crippen molar-refractivity contribution in [3.05, 3.63) is 0 Å². The maximum Gasteiger partial charge on any atom is 0.00593 e. The van der Waals surface area contributed by atoms with E-state index in [4.69, 9.17) is 0 Å². The fraction of sp³-hybridized carbons (Fsp3) is 1.00. The molecule has 0 bridgehead atoms. The summed E-state index contributed by atoms with van der Waals surface area (Å²) in [5, 5.41) is 0. The van der Waals surface area contributed by atoms with E-state index in [2.05, 4.69) is 59.0 Å². The van der Waals surface area contributed by atoms with Gasteiger partial charge in [-0.25, -0.2) is 0 Å². The first kappa shape index (κ1) is 30.5. The number of unbranched alkanes of at least 4 members (excludes halogenated alkanes) is 18. The summed E-state index contributed by atoms with van der Waals surface area (Å²) in [6, 6.07) is 0. The van der Waals surface area contributed by atoms with E-state index in [0.29, 0.717) is 5.41 Å². The molecule has 0 aromatic heterocycles. The molecule has 0 spiro atoms. The van der Waals surface area contributed by atoms with Crippen LogP contribution in [0.25, 0.3) is 0 Å². The minimum absolute atomic E-state index is 0.640. The van der Waals surface area contributed by atoms with Crippen molar-refractivity contribution in [2.24, 2.45) is 5.41 Å². The molecule has 0 amide bonds. The maximum atomic E-state index is 2.68. The van der Waals surface area contributed by atoms with Gasteiger partial charge in [0.25, 0.3) is 0 Å². The lowest BCUT2D eigenvalue weighted by molar-refractivity contribution is 0.306. The van der Waals surface area contributed by atoms with Crippen LogP contribution in [0.2, 0.25) is 0 Å². The van der Waals surface area contributed by atoms with Gasteiger partial charge in [-0.1, -0.05) is 187 Å². The molecule has 0 rings (SSSR count). The Morgan fingerprint density at radius 2 is 0.621 bits per heavy atom. The molecule has 0 aliphatic heterocycles. The monoisotopic (exact) mass is 632 g/mol. The van der Waals surface area contributed by atoms with Crippen molar-refractivity contribution in [3.8, 4) is 0 Å². The Hall–Kier alpha value is 1.46. The first-order chi connectivity index (χ1) is 14.2. The molecule has 29 heavy (non-hydrogen) atoms. The van der Waals surface area contributed by atoms with Crippen LogP contribution in [0, 0.1) is 5.41 Å². The van der Waals surface area contributed by atoms with Gasteiger partial charge in [-0.05, 0) is 18.3 Å². The Balaban J connectivity index is 3.64. The molecule has 0 unspecified atom stereocenters. The van der Waals surface area contributed by atoms with Gasteiger partial charge >= 0.3 is 0 Å². The highest BCUT2D eigenvalue weighted by molar-refractivity contribution is 14.1. The molecular weight excluding hydrogens is 578 g/mol. The molecule has 0 radical (unpaired) electrons. The largest absolute Gasteiger partial charge is 0.0857 e. The van der Waals surface area contributed by atoms with Crippen molar-refractivity contribution < 1.29 is 0 Å². The molecule has 0 heterocycles. The van der Waals surface area contributed by atoms with Gasteiger partial charge in [0.05, 0.1) is 0 Å². The van der Waals surface area contributed by atoms with Crippen LogP contribution in [0.5, 0.6) is 0 Å². The van der Waals surface area contributed by atoms with Crippen LogP contribution in [0.4, 0.5) is 0 Å². The van der Waals surface area contributed by atoms with Crippen molar-refractivity contribution in [1.82, 2.24) is 0 Å². The van der Waals surface area contributed by atoms with Gasteiger partial charge in [-0.15, -0.1) is 0 Å². The van der Waals surface area contributed by atoms with Crippen molar-refractivity contribution in [1.29, 1.82) is 0 Å². The van der Waals surface area contributed by atoms with Gasteiger partial charge in [0.15, 0.2) is 0 Å². The van der Waals surface area contributed by atoms with Crippen molar-refractivity contribution in [2.45, 2.75) is 155 Å². The normalized spacial score (nSPS) is 12.0. The van der Waals surface area contributed by atoms with E-state index >= 15 is 0 Å². The molecule has 2 heteroatoms. The van der Waals surface area contributed by atoms with Crippen LogP contribution in [-0.2, 0) is 0 Å². The van der Waals surface area contributed by atoms with Gasteiger partial charge < -0.3 is 0 Å². The van der Waals surface area contributed by atoms with Crippen molar-refractivity contribution in [3.63, 3.8) is 0 Å². The first-order valence-electron chi connectivity index (χ1n) is 13.4. The number of halogens is 2. The first-order valence-corrected chi connectivity index (χ1v) is 16.4. The number of hydrogen-bond acceptors (Lipinski definition) is 0. The molecule has 0 saturated heterocycles. The van der Waals surface area contributed by atoms with E-state index < -0.39 is 0 Å². The van der Waals surface area contributed by atoms with E-state index in [1.54, 1.807) is 0 Å². The van der Waals surface area contributed by atoms with Crippen LogP contribution in [0.3, 0.4) is 0 Å². The van der Waals surface area contributed by atoms with Crippen molar-refractivity contribution >= 4 is 45.2 Å². The summed E-state index contributed by atoms with van der Waals surface area (Å²) in [5.41, 5.74) is 0.640. The third-order valence-corrected chi connectivity index (χ3v) is 9.92. The summed E-state index contributed by atoms with van der Waals surface area (Å²) in [4.78, 5) is 0. The summed E-state index contributed by atoms with van der Waals surface area (Å²) >= 11 is 5.36. The van der Waals surface area contributed by atoms with Crippen LogP contribution >= 0.6 is 45.2 Å². The minimum Gasteiger partial charge on any atom is -0.0857 e. The highest BCUT2D eigenvalue weighted by Crippen LogP contribution is 2.36. The van der Waals surface area contributed by atoms with Gasteiger partial charge in [0, 0.05) is 8.86 Å². The molecule has 0 aliphatic rings. The quantitative estimate of drug-likeness (QED) is 0.0564. The number of rotatable bonds is 24. The summed E-state index contributed by atoms with van der Waals surface area (Å²) in [5.74, 6) is 0. The average molecular weight is 633 g/mol. The van der Waals surface area contributed by atoms with Gasteiger partial charge in [0.2, 0.25) is 0 Å². The third-order valence-electron chi connectivity index (χ3n) is 6.69. The second-order valence-electron chi connectivity index (χ2n) is 9.63. The average Bonchev–Trinajstić information content (AvgIpc) is 2.75. The Labute approximate surface area is 213 Å². The zero-order valence-corrected chi connectivity index (χ0v) is 24.5. The fourth-order valence-electron chi connectivity index (χ4n) is 4.40. The highest BCUT2D eigenvalue weighted by Gasteiger charge is 2.26. The van der Waals surface area contributed by atoms with Crippen LogP contribution < -0.4 is 0 Å². The molecule has 176 valence electrons. The van der Waals surface area contributed by atoms with Crippen molar-refractivity contribution in [2.75, 3.05) is 8.86 Å². The lowest BCUT2D eigenvalue weighted by Crippen LogP contribution is -2.24. The molecule has 0 N–H and O–H groups in total. The molecule has 0 fully saturated rings. The summed E-state index contributed by atoms with van der Waals surface area (Å²) < 4.78 is 2.73. The van der Waals surface area contributed by atoms with Crippen LogP contribution in [0.15, 0.2) is 0 Å². The smallest absolute Gasteiger partial charge is 0.00593 e. The van der Waals surface area contributed by atoms with Gasteiger partial charge in [-0.3, -0.25) is 0 Å². The molecule has 0 saturated carbocycles. The predicted octanol–water partition coefficient (Wildman–Crippen LogP) is 11.5. The molecule has 0 atom stereocenters. The summed E-state index contributed by atoms with van der Waals surface area (Å²) in [7, 11) is 0. The number of alkyl halides is 2. The van der Waals surface area contributed by atoms with Crippen LogP contribution in [-0.4, -0.2) is 8.86 Å². The van der Waals surface area contributed by atoms with E-state index in [-0.39, 0.29) is 0 Å². The standard InChI is InChI=1S/C27H54I2/c1-3-5-7-9-11-13-15-17-19-21-23-27(25-28,26-29)24-22-20-18-16-14-12-10-8-6-4-2/h3-26H2,1-2H3. The molecule has 0 nitrogen and oxygen atoms in total. The third kappa shape index (κ3) is 19.8. The number of hydrogen-bond donors (Lipinski definition) is 0. The molecular formula is C27H54I2. The second kappa shape index (κ2) is 24.1. The lowest BCUT2D eigenvalue weighted by Gasteiger charge is -2.30. The van der Waals surface area contributed by atoms with Gasteiger partial charge in [-0.2, -0.15) is 0 Å². The Bertz CT molecular complexity index is 273. The SMILES string of the molecule is CCCCCCCCCCCCC(CI)(CI)CCCCCCCCCCCC. The zero-order valence-electron chi connectivity index (χ0n) is 20.2. The highest BCUT2D eigenvalue weighted by atomic mass is 127. The summed E-state index contributed by atoms with van der Waals surface area (Å²) in [6.45, 7) is 4.62. The predicted molar refractivity (Wildman–Crippen MR) is 153 cm³/mol. The Morgan fingerprint density at radius 3 is 0.862 bits per heavy atom.